The fourth-order valence-electron chi connectivity index (χ4n) is 1.77. The molecule has 0 aliphatic rings. The lowest BCUT2D eigenvalue weighted by atomic mass is 10.2. The van der Waals surface area contributed by atoms with Crippen LogP contribution in [-0.2, 0) is 13.0 Å². The van der Waals surface area contributed by atoms with Crippen LogP contribution in [0.4, 0.5) is 0 Å². The first-order valence-electron chi connectivity index (χ1n) is 5.38. The lowest BCUT2D eigenvalue weighted by Gasteiger charge is -2.08. The van der Waals surface area contributed by atoms with Gasteiger partial charge in [-0.25, -0.2) is 0 Å². The van der Waals surface area contributed by atoms with Gasteiger partial charge >= 0.3 is 0 Å². The second-order valence-corrected chi connectivity index (χ2v) is 4.23. The van der Waals surface area contributed by atoms with Crippen LogP contribution in [0.1, 0.15) is 11.3 Å². The number of nitrogens with zero attached hydrogens (tertiary/aromatic N) is 1. The molecule has 1 aromatic carbocycles. The fraction of sp³-hybridized carbons (Fsp3) is 0.231. The smallest absolute Gasteiger partial charge is 0.0472 e. The van der Waals surface area contributed by atoms with E-state index in [1.165, 1.54) is 11.3 Å². The standard InChI is InChI=1S/C13H15ClN2/c14-12-5-3-11(4-6-12)10-16-9-1-2-13(16)7-8-15/h1-6,9H,7-8,10,15H2. The van der Waals surface area contributed by atoms with Gasteiger partial charge in [0.05, 0.1) is 0 Å². The molecule has 2 nitrogen and oxygen atoms in total. The van der Waals surface area contributed by atoms with E-state index in [-0.39, 0.29) is 0 Å². The third-order valence-electron chi connectivity index (χ3n) is 2.59. The summed E-state index contributed by atoms with van der Waals surface area (Å²) < 4.78 is 2.22. The molecule has 0 aliphatic heterocycles. The number of rotatable bonds is 4. The largest absolute Gasteiger partial charge is 0.347 e. The molecule has 2 N–H and O–H groups in total. The van der Waals surface area contributed by atoms with Crippen LogP contribution >= 0.6 is 11.6 Å². The maximum Gasteiger partial charge on any atom is 0.0472 e. The monoisotopic (exact) mass is 234 g/mol. The van der Waals surface area contributed by atoms with E-state index < -0.39 is 0 Å². The van der Waals surface area contributed by atoms with Gasteiger partial charge in [-0.05, 0) is 42.8 Å². The van der Waals surface area contributed by atoms with Crippen molar-refractivity contribution >= 4 is 11.6 Å². The van der Waals surface area contributed by atoms with E-state index in [9.17, 15) is 0 Å². The molecule has 0 radical (unpaired) electrons. The second kappa shape index (κ2) is 5.19. The number of nitrogens with two attached hydrogens (primary N) is 1. The maximum atomic E-state index is 5.85. The molecular formula is C13H15ClN2. The zero-order valence-corrected chi connectivity index (χ0v) is 9.82. The van der Waals surface area contributed by atoms with Gasteiger partial charge in [0.15, 0.2) is 0 Å². The molecular weight excluding hydrogens is 220 g/mol. The zero-order valence-electron chi connectivity index (χ0n) is 9.07. The zero-order chi connectivity index (χ0) is 11.4. The molecule has 0 spiro atoms. The van der Waals surface area contributed by atoms with E-state index in [4.69, 9.17) is 17.3 Å². The first kappa shape index (κ1) is 11.2. The van der Waals surface area contributed by atoms with Gasteiger partial charge in [0.25, 0.3) is 0 Å². The Labute approximate surface area is 101 Å². The molecule has 16 heavy (non-hydrogen) atoms. The molecule has 2 aromatic rings. The third kappa shape index (κ3) is 2.65. The van der Waals surface area contributed by atoms with E-state index in [2.05, 4.69) is 35.0 Å². The Balaban J connectivity index is 2.13. The molecule has 2 rings (SSSR count). The van der Waals surface area contributed by atoms with Crippen LogP contribution in [-0.4, -0.2) is 11.1 Å². The molecule has 0 saturated carbocycles. The Morgan fingerprint density at radius 1 is 1.12 bits per heavy atom. The van der Waals surface area contributed by atoms with Gasteiger partial charge in [0, 0.05) is 23.5 Å². The molecule has 0 unspecified atom stereocenters. The summed E-state index contributed by atoms with van der Waals surface area (Å²) in [7, 11) is 0. The van der Waals surface area contributed by atoms with Crippen LogP contribution in [0.5, 0.6) is 0 Å². The summed E-state index contributed by atoms with van der Waals surface area (Å²) in [5, 5.41) is 0.776. The SMILES string of the molecule is NCCc1cccn1Cc1ccc(Cl)cc1. The quantitative estimate of drug-likeness (QED) is 0.867. The van der Waals surface area contributed by atoms with Gasteiger partial charge in [0.1, 0.15) is 0 Å². The van der Waals surface area contributed by atoms with Crippen molar-refractivity contribution in [1.29, 1.82) is 0 Å². The Morgan fingerprint density at radius 2 is 1.88 bits per heavy atom. The Hall–Kier alpha value is -1.25. The van der Waals surface area contributed by atoms with Crippen LogP contribution in [0.25, 0.3) is 0 Å². The number of halogens is 1. The molecule has 84 valence electrons. The molecule has 0 aliphatic carbocycles. The van der Waals surface area contributed by atoms with E-state index >= 15 is 0 Å². The molecule has 1 aromatic heterocycles. The number of benzene rings is 1. The molecule has 0 saturated heterocycles. The van der Waals surface area contributed by atoms with E-state index in [1.54, 1.807) is 0 Å². The predicted molar refractivity (Wildman–Crippen MR) is 67.7 cm³/mol. The lowest BCUT2D eigenvalue weighted by molar-refractivity contribution is 0.736. The topological polar surface area (TPSA) is 30.9 Å². The highest BCUT2D eigenvalue weighted by Crippen LogP contribution is 2.12. The predicted octanol–water partition coefficient (Wildman–Crippen LogP) is 2.69. The lowest BCUT2D eigenvalue weighted by Crippen LogP contribution is -2.09. The Morgan fingerprint density at radius 3 is 2.56 bits per heavy atom. The number of hydrogen-bond acceptors (Lipinski definition) is 1. The highest BCUT2D eigenvalue weighted by atomic mass is 35.5. The minimum absolute atomic E-state index is 0.685. The van der Waals surface area contributed by atoms with Gasteiger partial charge in [-0.3, -0.25) is 0 Å². The van der Waals surface area contributed by atoms with Crippen molar-refractivity contribution in [2.24, 2.45) is 5.73 Å². The minimum Gasteiger partial charge on any atom is -0.347 e. The van der Waals surface area contributed by atoms with Gasteiger partial charge in [0.2, 0.25) is 0 Å². The van der Waals surface area contributed by atoms with Crippen LogP contribution in [0, 0.1) is 0 Å². The fourth-order valence-corrected chi connectivity index (χ4v) is 1.89. The van der Waals surface area contributed by atoms with Crippen molar-refractivity contribution in [3.8, 4) is 0 Å². The summed E-state index contributed by atoms with van der Waals surface area (Å²) in [5.41, 5.74) is 8.10. The molecule has 1 heterocycles. The normalized spacial score (nSPS) is 10.6. The van der Waals surface area contributed by atoms with E-state index in [0.29, 0.717) is 6.54 Å². The van der Waals surface area contributed by atoms with Gasteiger partial charge in [-0.1, -0.05) is 23.7 Å². The summed E-state index contributed by atoms with van der Waals surface area (Å²) in [6.45, 7) is 1.56. The van der Waals surface area contributed by atoms with Crippen molar-refractivity contribution in [2.45, 2.75) is 13.0 Å². The van der Waals surface area contributed by atoms with Gasteiger partial charge < -0.3 is 10.3 Å². The summed E-state index contributed by atoms with van der Waals surface area (Å²) in [5.74, 6) is 0. The van der Waals surface area contributed by atoms with Crippen LogP contribution < -0.4 is 5.73 Å². The summed E-state index contributed by atoms with van der Waals surface area (Å²) >= 11 is 5.85. The van der Waals surface area contributed by atoms with Gasteiger partial charge in [-0.15, -0.1) is 0 Å². The van der Waals surface area contributed by atoms with Crippen molar-refractivity contribution in [3.63, 3.8) is 0 Å². The summed E-state index contributed by atoms with van der Waals surface area (Å²) in [6.07, 6.45) is 3.00. The van der Waals surface area contributed by atoms with Crippen molar-refractivity contribution in [3.05, 3.63) is 58.9 Å². The van der Waals surface area contributed by atoms with Crippen molar-refractivity contribution in [2.75, 3.05) is 6.54 Å². The Kier molecular flexibility index (Phi) is 3.65. The molecule has 0 atom stereocenters. The molecule has 0 fully saturated rings. The molecule has 0 bridgehead atoms. The Bertz CT molecular complexity index is 445. The highest BCUT2D eigenvalue weighted by Gasteiger charge is 2.00. The highest BCUT2D eigenvalue weighted by molar-refractivity contribution is 6.30. The molecule has 3 heteroatoms. The second-order valence-electron chi connectivity index (χ2n) is 3.79. The summed E-state index contributed by atoms with van der Waals surface area (Å²) in [4.78, 5) is 0. The third-order valence-corrected chi connectivity index (χ3v) is 2.84. The average molecular weight is 235 g/mol. The first-order chi connectivity index (χ1) is 7.79. The number of aromatic nitrogens is 1. The number of hydrogen-bond donors (Lipinski definition) is 1. The van der Waals surface area contributed by atoms with Crippen LogP contribution in [0.3, 0.4) is 0 Å². The molecule has 0 amide bonds. The van der Waals surface area contributed by atoms with Crippen molar-refractivity contribution in [1.82, 2.24) is 4.57 Å². The van der Waals surface area contributed by atoms with Crippen LogP contribution in [0.2, 0.25) is 5.02 Å². The van der Waals surface area contributed by atoms with Crippen molar-refractivity contribution < 1.29 is 0 Å². The maximum absolute atomic E-state index is 5.85. The minimum atomic E-state index is 0.685. The van der Waals surface area contributed by atoms with E-state index in [1.807, 2.05) is 12.1 Å². The first-order valence-corrected chi connectivity index (χ1v) is 5.76. The van der Waals surface area contributed by atoms with E-state index in [0.717, 1.165) is 18.0 Å². The average Bonchev–Trinajstić information content (AvgIpc) is 2.70. The summed E-state index contributed by atoms with van der Waals surface area (Å²) in [6, 6.07) is 12.1. The van der Waals surface area contributed by atoms with Gasteiger partial charge in [-0.2, -0.15) is 0 Å². The van der Waals surface area contributed by atoms with Crippen LogP contribution in [0.15, 0.2) is 42.6 Å².